The van der Waals surface area contributed by atoms with E-state index >= 15 is 0 Å². The highest BCUT2D eigenvalue weighted by Gasteiger charge is 2.18. The summed E-state index contributed by atoms with van der Waals surface area (Å²) in [6, 6.07) is 12.2. The van der Waals surface area contributed by atoms with Gasteiger partial charge < -0.3 is 0 Å². The molecule has 0 aliphatic carbocycles. The van der Waals surface area contributed by atoms with Crippen molar-refractivity contribution in [3.8, 4) is 6.07 Å². The minimum atomic E-state index is -0.388. The number of hydrogen-bond acceptors (Lipinski definition) is 4. The van der Waals surface area contributed by atoms with Crippen molar-refractivity contribution in [1.82, 2.24) is 19.6 Å². The van der Waals surface area contributed by atoms with E-state index in [1.54, 1.807) is 4.52 Å². The zero-order chi connectivity index (χ0) is 14.1. The molecule has 3 rings (SSSR count). The smallest absolute Gasteiger partial charge is 0.216 e. The molecule has 98 valence electrons. The summed E-state index contributed by atoms with van der Waals surface area (Å²) >= 11 is 0. The number of rotatable bonds is 2. The van der Waals surface area contributed by atoms with Crippen LogP contribution in [0.25, 0.3) is 5.78 Å². The van der Waals surface area contributed by atoms with E-state index < -0.39 is 0 Å². The molecular weight excluding hydrogens is 250 g/mol. The first-order chi connectivity index (χ1) is 9.69. The lowest BCUT2D eigenvalue weighted by Crippen LogP contribution is -2.08. The molecule has 1 aromatic carbocycles. The van der Waals surface area contributed by atoms with Gasteiger partial charge in [0.05, 0.1) is 11.8 Å². The lowest BCUT2D eigenvalue weighted by Gasteiger charge is -2.12. The third kappa shape index (κ3) is 2.01. The standard InChI is InChI=1S/C15H13N5/c1-10-3-5-12(6-4-10)13(8-16)14-7-11(2)19-15-17-9-18-20(14)15/h3-7,9,13H,1-2H3. The number of hydrogen-bond donors (Lipinski definition) is 0. The van der Waals surface area contributed by atoms with Crippen molar-refractivity contribution in [1.29, 1.82) is 5.26 Å². The first-order valence-electron chi connectivity index (χ1n) is 6.32. The molecule has 0 N–H and O–H groups in total. The van der Waals surface area contributed by atoms with Crippen LogP contribution in [0.2, 0.25) is 0 Å². The summed E-state index contributed by atoms with van der Waals surface area (Å²) in [5.74, 6) is 0.133. The Balaban J connectivity index is 2.19. The fraction of sp³-hybridized carbons (Fsp3) is 0.200. The molecule has 0 amide bonds. The van der Waals surface area contributed by atoms with Crippen LogP contribution in [0.4, 0.5) is 0 Å². The zero-order valence-electron chi connectivity index (χ0n) is 11.3. The lowest BCUT2D eigenvalue weighted by atomic mass is 9.95. The number of benzene rings is 1. The van der Waals surface area contributed by atoms with Gasteiger partial charge in [-0.25, -0.2) is 4.98 Å². The molecule has 0 aliphatic heterocycles. The van der Waals surface area contributed by atoms with E-state index in [1.165, 1.54) is 11.9 Å². The Morgan fingerprint density at radius 3 is 2.65 bits per heavy atom. The second-order valence-corrected chi connectivity index (χ2v) is 4.77. The minimum absolute atomic E-state index is 0.388. The summed E-state index contributed by atoms with van der Waals surface area (Å²) in [6.45, 7) is 3.92. The normalized spacial score (nSPS) is 12.2. The van der Waals surface area contributed by atoms with Crippen LogP contribution >= 0.6 is 0 Å². The van der Waals surface area contributed by atoms with E-state index in [1.807, 2.05) is 44.2 Å². The molecule has 3 aromatic rings. The predicted molar refractivity (Wildman–Crippen MR) is 74.2 cm³/mol. The second kappa shape index (κ2) is 4.74. The molecule has 0 radical (unpaired) electrons. The number of aromatic nitrogens is 4. The monoisotopic (exact) mass is 263 g/mol. The molecule has 5 nitrogen and oxygen atoms in total. The van der Waals surface area contributed by atoms with Gasteiger partial charge in [-0.05, 0) is 25.5 Å². The fourth-order valence-electron chi connectivity index (χ4n) is 2.23. The highest BCUT2D eigenvalue weighted by atomic mass is 15.3. The zero-order valence-corrected chi connectivity index (χ0v) is 11.3. The highest BCUT2D eigenvalue weighted by Crippen LogP contribution is 2.24. The molecule has 20 heavy (non-hydrogen) atoms. The topological polar surface area (TPSA) is 66.9 Å². The third-order valence-electron chi connectivity index (χ3n) is 3.24. The van der Waals surface area contributed by atoms with Gasteiger partial charge in [0, 0.05) is 5.69 Å². The molecule has 0 saturated heterocycles. The van der Waals surface area contributed by atoms with Crippen molar-refractivity contribution in [3.63, 3.8) is 0 Å². The molecule has 0 bridgehead atoms. The molecule has 2 heterocycles. The summed E-state index contributed by atoms with van der Waals surface area (Å²) < 4.78 is 1.63. The number of fused-ring (bicyclic) bond motifs is 1. The maximum Gasteiger partial charge on any atom is 0.252 e. The lowest BCUT2D eigenvalue weighted by molar-refractivity contribution is 0.818. The van der Waals surface area contributed by atoms with Crippen LogP contribution < -0.4 is 0 Å². The van der Waals surface area contributed by atoms with Gasteiger partial charge in [-0.3, -0.25) is 0 Å². The molecule has 2 aromatic heterocycles. The van der Waals surface area contributed by atoms with Gasteiger partial charge in [0.2, 0.25) is 0 Å². The van der Waals surface area contributed by atoms with Crippen LogP contribution in [-0.2, 0) is 0 Å². The van der Waals surface area contributed by atoms with Gasteiger partial charge in [-0.15, -0.1) is 0 Å². The van der Waals surface area contributed by atoms with Crippen LogP contribution in [-0.4, -0.2) is 19.6 Å². The fourth-order valence-corrected chi connectivity index (χ4v) is 2.23. The number of nitriles is 1. The van der Waals surface area contributed by atoms with E-state index in [0.29, 0.717) is 5.78 Å². The van der Waals surface area contributed by atoms with E-state index in [4.69, 9.17) is 0 Å². The van der Waals surface area contributed by atoms with Gasteiger partial charge in [0.25, 0.3) is 5.78 Å². The summed E-state index contributed by atoms with van der Waals surface area (Å²) in [4.78, 5) is 8.40. The van der Waals surface area contributed by atoms with Gasteiger partial charge >= 0.3 is 0 Å². The number of aryl methyl sites for hydroxylation is 2. The maximum absolute atomic E-state index is 9.56. The summed E-state index contributed by atoms with van der Waals surface area (Å²) in [7, 11) is 0. The van der Waals surface area contributed by atoms with Crippen molar-refractivity contribution in [2.45, 2.75) is 19.8 Å². The average Bonchev–Trinajstić information content (AvgIpc) is 2.89. The van der Waals surface area contributed by atoms with Crippen molar-refractivity contribution < 1.29 is 0 Å². The molecular formula is C15H13N5. The Labute approximate surface area is 116 Å². The number of nitrogens with zero attached hydrogens (tertiary/aromatic N) is 5. The van der Waals surface area contributed by atoms with E-state index in [9.17, 15) is 5.26 Å². The first kappa shape index (κ1) is 12.3. The summed E-state index contributed by atoms with van der Waals surface area (Å²) in [6.07, 6.45) is 1.45. The highest BCUT2D eigenvalue weighted by molar-refractivity contribution is 5.40. The van der Waals surface area contributed by atoms with Crippen LogP contribution in [0.1, 0.15) is 28.4 Å². The van der Waals surface area contributed by atoms with Crippen molar-refractivity contribution in [3.05, 3.63) is 59.2 Å². The van der Waals surface area contributed by atoms with E-state index in [0.717, 1.165) is 17.0 Å². The van der Waals surface area contributed by atoms with Crippen molar-refractivity contribution in [2.75, 3.05) is 0 Å². The van der Waals surface area contributed by atoms with Gasteiger partial charge in [0.15, 0.2) is 0 Å². The predicted octanol–water partition coefficient (Wildman–Crippen LogP) is 2.40. The van der Waals surface area contributed by atoms with Crippen molar-refractivity contribution >= 4 is 5.78 Å². The molecule has 0 fully saturated rings. The molecule has 0 spiro atoms. The van der Waals surface area contributed by atoms with Crippen molar-refractivity contribution in [2.24, 2.45) is 0 Å². The molecule has 5 heteroatoms. The van der Waals surface area contributed by atoms with Gasteiger partial charge in [-0.1, -0.05) is 29.8 Å². The Hall–Kier alpha value is -2.74. The Morgan fingerprint density at radius 1 is 1.20 bits per heavy atom. The summed E-state index contributed by atoms with van der Waals surface area (Å²) in [5, 5.41) is 13.7. The van der Waals surface area contributed by atoms with Crippen LogP contribution in [0.15, 0.2) is 36.7 Å². The second-order valence-electron chi connectivity index (χ2n) is 4.77. The molecule has 1 unspecified atom stereocenters. The van der Waals surface area contributed by atoms with E-state index in [2.05, 4.69) is 21.1 Å². The van der Waals surface area contributed by atoms with Crippen LogP contribution in [0.3, 0.4) is 0 Å². The molecule has 1 atom stereocenters. The van der Waals surface area contributed by atoms with Gasteiger partial charge in [0.1, 0.15) is 12.2 Å². The van der Waals surface area contributed by atoms with Gasteiger partial charge in [-0.2, -0.15) is 19.9 Å². The largest absolute Gasteiger partial charge is 0.252 e. The Morgan fingerprint density at radius 2 is 1.95 bits per heavy atom. The Bertz CT molecular complexity index is 795. The van der Waals surface area contributed by atoms with E-state index in [-0.39, 0.29) is 5.92 Å². The average molecular weight is 263 g/mol. The molecule has 0 saturated carbocycles. The summed E-state index contributed by atoms with van der Waals surface area (Å²) in [5.41, 5.74) is 3.73. The quantitative estimate of drug-likeness (QED) is 0.712. The third-order valence-corrected chi connectivity index (χ3v) is 3.24. The van der Waals surface area contributed by atoms with Crippen LogP contribution in [0.5, 0.6) is 0 Å². The SMILES string of the molecule is Cc1ccc(C(C#N)c2cc(C)nc3ncnn23)cc1. The maximum atomic E-state index is 9.56. The van der Waals surface area contributed by atoms with Crippen LogP contribution in [0, 0.1) is 25.2 Å². The first-order valence-corrected chi connectivity index (χ1v) is 6.32. The molecule has 0 aliphatic rings. The Kier molecular flexibility index (Phi) is 2.92. The minimum Gasteiger partial charge on any atom is -0.216 e.